The molecule has 4 rings (SSSR count). The number of halogens is 1. The van der Waals surface area contributed by atoms with Gasteiger partial charge in [0.05, 0.1) is 10.8 Å². The summed E-state index contributed by atoms with van der Waals surface area (Å²) >= 11 is 7.59. The van der Waals surface area contributed by atoms with Crippen LogP contribution in [0.4, 0.5) is 5.82 Å². The molecule has 5 nitrogen and oxygen atoms in total. The van der Waals surface area contributed by atoms with Gasteiger partial charge >= 0.3 is 0 Å². The highest BCUT2D eigenvalue weighted by Crippen LogP contribution is 2.27. The smallest absolute Gasteiger partial charge is 0.262 e. The van der Waals surface area contributed by atoms with Gasteiger partial charge in [0.2, 0.25) is 5.62 Å². The lowest BCUT2D eigenvalue weighted by molar-refractivity contribution is -0.117. The van der Waals surface area contributed by atoms with E-state index in [2.05, 4.69) is 15.3 Å². The van der Waals surface area contributed by atoms with E-state index in [1.165, 1.54) is 11.8 Å². The molecule has 3 heterocycles. The number of fused-ring (bicyclic) bond motifs is 3. The first-order chi connectivity index (χ1) is 10.7. The molecule has 0 fully saturated rings. The lowest BCUT2D eigenvalue weighted by Gasteiger charge is -2.09. The van der Waals surface area contributed by atoms with E-state index in [0.717, 1.165) is 36.2 Å². The highest BCUT2D eigenvalue weighted by molar-refractivity contribution is 8.03. The van der Waals surface area contributed by atoms with Crippen LogP contribution in [-0.4, -0.2) is 27.3 Å². The molecule has 1 unspecified atom stereocenters. The minimum atomic E-state index is -0.127. The van der Waals surface area contributed by atoms with Gasteiger partial charge < -0.3 is 5.32 Å². The topological polar surface area (TPSA) is 59.3 Å². The van der Waals surface area contributed by atoms with Gasteiger partial charge in [0, 0.05) is 23.5 Å². The number of nitrogens with zero attached hydrogens (tertiary/aromatic N) is 3. The molecule has 22 heavy (non-hydrogen) atoms. The molecule has 0 bridgehead atoms. The van der Waals surface area contributed by atoms with Gasteiger partial charge in [0.15, 0.2) is 0 Å². The first-order valence-corrected chi connectivity index (χ1v) is 8.37. The predicted octanol–water partition coefficient (Wildman–Crippen LogP) is 2.56. The number of thioether (sulfide) groups is 1. The van der Waals surface area contributed by atoms with Crippen LogP contribution in [0.3, 0.4) is 0 Å². The molecule has 0 spiro atoms. The predicted molar refractivity (Wildman–Crippen MR) is 88.9 cm³/mol. The van der Waals surface area contributed by atoms with Crippen molar-refractivity contribution >= 4 is 46.0 Å². The average molecular weight is 333 g/mol. The molecule has 0 saturated heterocycles. The molecule has 0 aliphatic carbocycles. The summed E-state index contributed by atoms with van der Waals surface area (Å²) in [6.45, 7) is 1.54. The fraction of sp³-hybridized carbons (Fsp3) is 0.267. The number of rotatable bonds is 1. The van der Waals surface area contributed by atoms with Crippen molar-refractivity contribution in [3.05, 3.63) is 40.3 Å². The number of hydrogen-bond acceptors (Lipinski definition) is 4. The molecule has 1 N–H and O–H groups in total. The molecular formula is C15H13ClN4OS. The zero-order valence-corrected chi connectivity index (χ0v) is 13.2. The summed E-state index contributed by atoms with van der Waals surface area (Å²) in [6.07, 6.45) is 2.74. The van der Waals surface area contributed by atoms with Crippen molar-refractivity contribution in [2.45, 2.75) is 18.2 Å². The van der Waals surface area contributed by atoms with Crippen molar-refractivity contribution in [1.82, 2.24) is 9.55 Å². The van der Waals surface area contributed by atoms with Crippen molar-refractivity contribution in [3.8, 4) is 0 Å². The molecule has 1 atom stereocenters. The number of aromatic nitrogens is 2. The van der Waals surface area contributed by atoms with Crippen molar-refractivity contribution in [3.63, 3.8) is 0 Å². The average Bonchev–Trinajstić information content (AvgIpc) is 3.19. The van der Waals surface area contributed by atoms with Crippen molar-refractivity contribution in [2.24, 2.45) is 4.99 Å². The monoisotopic (exact) mass is 332 g/mol. The second-order valence-corrected chi connectivity index (χ2v) is 6.73. The lowest BCUT2D eigenvalue weighted by atomic mass is 10.2. The Morgan fingerprint density at radius 2 is 2.41 bits per heavy atom. The van der Waals surface area contributed by atoms with Gasteiger partial charge in [-0.15, -0.1) is 11.8 Å². The summed E-state index contributed by atoms with van der Waals surface area (Å²) in [4.78, 5) is 21.1. The molecular weight excluding hydrogens is 320 g/mol. The summed E-state index contributed by atoms with van der Waals surface area (Å²) in [6, 6.07) is 5.54. The number of nitrogens with one attached hydrogen (secondary N) is 1. The maximum atomic E-state index is 12.3. The van der Waals surface area contributed by atoms with Crippen molar-refractivity contribution < 1.29 is 4.79 Å². The van der Waals surface area contributed by atoms with Crippen molar-refractivity contribution in [1.29, 1.82) is 0 Å². The number of carbonyl (C=O) groups excluding carboxylic acids is 1. The van der Waals surface area contributed by atoms with Crippen LogP contribution in [-0.2, 0) is 11.3 Å². The van der Waals surface area contributed by atoms with E-state index < -0.39 is 0 Å². The lowest BCUT2D eigenvalue weighted by Crippen LogP contribution is -2.26. The van der Waals surface area contributed by atoms with Gasteiger partial charge in [-0.2, -0.15) is 4.99 Å². The number of anilines is 1. The third kappa shape index (κ3) is 2.32. The van der Waals surface area contributed by atoms with E-state index in [1.807, 2.05) is 28.2 Å². The first-order valence-electron chi connectivity index (χ1n) is 7.05. The number of amides is 1. The van der Waals surface area contributed by atoms with Gasteiger partial charge in [0.25, 0.3) is 5.91 Å². The molecule has 0 saturated carbocycles. The van der Waals surface area contributed by atoms with Crippen LogP contribution in [0.15, 0.2) is 34.7 Å². The molecule has 2 aromatic rings. The molecule has 1 amide bonds. The summed E-state index contributed by atoms with van der Waals surface area (Å²) < 4.78 is 1.95. The fourth-order valence-electron chi connectivity index (χ4n) is 2.70. The molecule has 7 heteroatoms. The van der Waals surface area contributed by atoms with E-state index >= 15 is 0 Å². The highest BCUT2D eigenvalue weighted by Gasteiger charge is 2.21. The zero-order valence-electron chi connectivity index (χ0n) is 11.6. The Kier molecular flexibility index (Phi) is 3.43. The Balaban J connectivity index is 1.88. The number of allylic oxidation sites excluding steroid dienone is 1. The highest BCUT2D eigenvalue weighted by atomic mass is 35.5. The van der Waals surface area contributed by atoms with Gasteiger partial charge in [0.1, 0.15) is 5.82 Å². The Morgan fingerprint density at radius 1 is 1.50 bits per heavy atom. The molecule has 1 aromatic carbocycles. The van der Waals surface area contributed by atoms with E-state index in [-0.39, 0.29) is 11.2 Å². The second-order valence-electron chi connectivity index (χ2n) is 5.18. The van der Waals surface area contributed by atoms with Crippen LogP contribution in [0.5, 0.6) is 0 Å². The van der Waals surface area contributed by atoms with E-state index in [9.17, 15) is 4.79 Å². The van der Waals surface area contributed by atoms with Gasteiger partial charge in [-0.05, 0) is 30.0 Å². The molecule has 112 valence electrons. The van der Waals surface area contributed by atoms with E-state index in [1.54, 1.807) is 6.07 Å². The summed E-state index contributed by atoms with van der Waals surface area (Å²) in [5.74, 6) is 0.800. The maximum absolute atomic E-state index is 12.3. The van der Waals surface area contributed by atoms with E-state index in [0.29, 0.717) is 10.6 Å². The maximum Gasteiger partial charge on any atom is 0.262 e. The van der Waals surface area contributed by atoms with Crippen LogP contribution in [0.25, 0.3) is 10.9 Å². The van der Waals surface area contributed by atoms with Crippen LogP contribution < -0.4 is 10.9 Å². The summed E-state index contributed by atoms with van der Waals surface area (Å²) in [7, 11) is 0. The van der Waals surface area contributed by atoms with Gasteiger partial charge in [-0.25, -0.2) is 4.98 Å². The normalized spacial score (nSPS) is 20.4. The standard InChI is InChI=1S/C15H13ClN4OS/c16-9-3-4-11-10(8-9)13-17-5-6-20(13)15(18-11)19-14(21)12-2-1-7-22-12/h1,3-4,7-8,12,17H,2,5-6H2. The van der Waals surface area contributed by atoms with Crippen molar-refractivity contribution in [2.75, 3.05) is 11.9 Å². The van der Waals surface area contributed by atoms with Crippen LogP contribution >= 0.6 is 23.4 Å². The van der Waals surface area contributed by atoms with Gasteiger partial charge in [-0.1, -0.05) is 17.7 Å². The zero-order chi connectivity index (χ0) is 15.1. The first kappa shape index (κ1) is 13.8. The number of hydrogen-bond donors (Lipinski definition) is 1. The van der Waals surface area contributed by atoms with E-state index in [4.69, 9.17) is 11.6 Å². The summed E-state index contributed by atoms with van der Waals surface area (Å²) in [5, 5.41) is 6.78. The molecule has 1 aromatic heterocycles. The second kappa shape index (κ2) is 5.44. The van der Waals surface area contributed by atoms with Crippen LogP contribution in [0.1, 0.15) is 6.42 Å². The van der Waals surface area contributed by atoms with Gasteiger partial charge in [-0.3, -0.25) is 9.36 Å². The van der Waals surface area contributed by atoms with Crippen LogP contribution in [0.2, 0.25) is 5.02 Å². The third-order valence-corrected chi connectivity index (χ3v) is 5.06. The molecule has 2 aliphatic heterocycles. The quantitative estimate of drug-likeness (QED) is 0.872. The molecule has 2 aliphatic rings. The Hall–Kier alpha value is -1.79. The minimum Gasteiger partial charge on any atom is -0.369 e. The SMILES string of the molecule is O=C(N=c1nc2ccc(Cl)cc2c2n1CCN2)C1CC=CS1. The molecule has 0 radical (unpaired) electrons. The third-order valence-electron chi connectivity index (χ3n) is 3.75. The summed E-state index contributed by atoms with van der Waals surface area (Å²) in [5.41, 5.74) is 1.25. The number of benzene rings is 1. The Bertz CT molecular complexity index is 866. The minimum absolute atomic E-state index is 0.117. The fourth-order valence-corrected chi connectivity index (χ4v) is 3.67. The Morgan fingerprint density at radius 3 is 3.23 bits per heavy atom. The Labute approximate surface area is 136 Å². The van der Waals surface area contributed by atoms with Crippen LogP contribution in [0, 0.1) is 0 Å². The largest absolute Gasteiger partial charge is 0.369 e. The number of carbonyl (C=O) groups is 1.